The van der Waals surface area contributed by atoms with E-state index in [-0.39, 0.29) is 11.3 Å². The van der Waals surface area contributed by atoms with Gasteiger partial charge in [-0.15, -0.1) is 24.0 Å². The average Bonchev–Trinajstić information content (AvgIpc) is 3.27. The van der Waals surface area contributed by atoms with Crippen molar-refractivity contribution in [3.63, 3.8) is 0 Å². The average molecular weight is 367 g/mol. The number of thiazole rings is 1. The molecule has 0 unspecified atom stereocenters. The molecule has 1 saturated carbocycles. The summed E-state index contributed by atoms with van der Waals surface area (Å²) in [7, 11) is 0. The summed E-state index contributed by atoms with van der Waals surface area (Å²) in [5.74, 6) is 0.392. The van der Waals surface area contributed by atoms with E-state index in [4.69, 9.17) is 10.7 Å². The molecule has 1 aromatic heterocycles. The minimum atomic E-state index is -0.302. The lowest BCUT2D eigenvalue weighted by Crippen LogP contribution is -2.40. The van der Waals surface area contributed by atoms with Crippen LogP contribution in [0.1, 0.15) is 36.6 Å². The zero-order valence-corrected chi connectivity index (χ0v) is 15.4. The van der Waals surface area contributed by atoms with Crippen LogP contribution in [0.4, 0.5) is 0 Å². The molecule has 0 radical (unpaired) electrons. The van der Waals surface area contributed by atoms with Crippen LogP contribution in [0.2, 0.25) is 0 Å². The lowest BCUT2D eigenvalue weighted by atomic mass is 9.67. The number of amidine groups is 1. The Morgan fingerprint density at radius 3 is 2.64 bits per heavy atom. The van der Waals surface area contributed by atoms with E-state index >= 15 is 0 Å². The Kier molecular flexibility index (Phi) is 4.14. The molecule has 6 heteroatoms. The second kappa shape index (κ2) is 6.32. The lowest BCUT2D eigenvalue weighted by molar-refractivity contribution is 0.342. The van der Waals surface area contributed by atoms with Crippen molar-refractivity contribution in [3.05, 3.63) is 51.3 Å². The predicted molar refractivity (Wildman–Crippen MR) is 104 cm³/mol. The summed E-state index contributed by atoms with van der Waals surface area (Å²) in [5, 5.41) is 13.2. The SMILES string of the molecule is N#CC1=C(S)N=C(N)[C@H](c2nc(-c3ccccc3)cs2)C12CCCC2. The number of hydrogen-bond acceptors (Lipinski definition) is 6. The van der Waals surface area contributed by atoms with Gasteiger partial charge in [0.25, 0.3) is 0 Å². The van der Waals surface area contributed by atoms with Gasteiger partial charge < -0.3 is 5.73 Å². The monoisotopic (exact) mass is 366 g/mol. The molecule has 0 bridgehead atoms. The number of nitrogens with two attached hydrogens (primary N) is 1. The molecule has 1 fully saturated rings. The quantitative estimate of drug-likeness (QED) is 0.769. The first kappa shape index (κ1) is 16.4. The highest BCUT2D eigenvalue weighted by molar-refractivity contribution is 7.84. The van der Waals surface area contributed by atoms with E-state index in [0.29, 0.717) is 16.4 Å². The van der Waals surface area contributed by atoms with Crippen LogP contribution < -0.4 is 5.73 Å². The van der Waals surface area contributed by atoms with E-state index in [1.807, 2.05) is 18.2 Å². The molecule has 2 N–H and O–H groups in total. The molecule has 126 valence electrons. The van der Waals surface area contributed by atoms with Crippen LogP contribution in [0.15, 0.2) is 51.3 Å². The molecular weight excluding hydrogens is 348 g/mol. The maximum Gasteiger partial charge on any atom is 0.111 e. The third-order valence-electron chi connectivity index (χ3n) is 5.25. The van der Waals surface area contributed by atoms with E-state index in [1.165, 1.54) is 0 Å². The van der Waals surface area contributed by atoms with Crippen molar-refractivity contribution in [2.45, 2.75) is 31.6 Å². The smallest absolute Gasteiger partial charge is 0.111 e. The van der Waals surface area contributed by atoms with Crippen molar-refractivity contribution in [2.24, 2.45) is 16.1 Å². The second-order valence-electron chi connectivity index (χ2n) is 6.58. The number of hydrogen-bond donors (Lipinski definition) is 2. The Labute approximate surface area is 156 Å². The first-order chi connectivity index (χ1) is 12.2. The summed E-state index contributed by atoms with van der Waals surface area (Å²) in [5.41, 5.74) is 8.74. The van der Waals surface area contributed by atoms with E-state index in [2.05, 4.69) is 41.2 Å². The standard InChI is InChI=1S/C19H18N4S2/c20-10-13-17(24)23-16(21)15(19(13)8-4-5-9-19)18-22-14(11-25-18)12-6-2-1-3-7-12/h1-3,6-7,11,15,24H,4-5,8-9H2,(H2,21,23)/t15-/m1/s1. The Morgan fingerprint density at radius 2 is 1.96 bits per heavy atom. The minimum Gasteiger partial charge on any atom is -0.387 e. The van der Waals surface area contributed by atoms with Gasteiger partial charge in [-0.25, -0.2) is 9.98 Å². The fourth-order valence-corrected chi connectivity index (χ4v) is 5.57. The van der Waals surface area contributed by atoms with Crippen LogP contribution >= 0.6 is 24.0 Å². The van der Waals surface area contributed by atoms with Gasteiger partial charge in [-0.1, -0.05) is 43.2 Å². The van der Waals surface area contributed by atoms with E-state index in [1.54, 1.807) is 11.3 Å². The maximum absolute atomic E-state index is 9.74. The Morgan fingerprint density at radius 1 is 1.24 bits per heavy atom. The molecule has 0 amide bonds. The highest BCUT2D eigenvalue weighted by Crippen LogP contribution is 2.57. The molecule has 1 aliphatic heterocycles. The third-order valence-corrected chi connectivity index (χ3v) is 6.48. The van der Waals surface area contributed by atoms with E-state index in [0.717, 1.165) is 41.9 Å². The van der Waals surface area contributed by atoms with Gasteiger partial charge in [0, 0.05) is 16.4 Å². The van der Waals surface area contributed by atoms with E-state index in [9.17, 15) is 5.26 Å². The van der Waals surface area contributed by atoms with E-state index < -0.39 is 0 Å². The van der Waals surface area contributed by atoms with Crippen molar-refractivity contribution < 1.29 is 0 Å². The van der Waals surface area contributed by atoms with Gasteiger partial charge in [-0.3, -0.25) is 0 Å². The van der Waals surface area contributed by atoms with Crippen LogP contribution in [-0.4, -0.2) is 10.8 Å². The van der Waals surface area contributed by atoms with Crippen LogP contribution in [0, 0.1) is 16.7 Å². The predicted octanol–water partition coefficient (Wildman–Crippen LogP) is 4.49. The molecule has 25 heavy (non-hydrogen) atoms. The topological polar surface area (TPSA) is 75.1 Å². The highest BCUT2D eigenvalue weighted by atomic mass is 32.1. The summed E-state index contributed by atoms with van der Waals surface area (Å²) in [4.78, 5) is 9.24. The normalized spacial score (nSPS) is 22.1. The van der Waals surface area contributed by atoms with Crippen molar-refractivity contribution in [1.82, 2.24) is 4.98 Å². The summed E-state index contributed by atoms with van der Waals surface area (Å²) in [6.45, 7) is 0. The summed E-state index contributed by atoms with van der Waals surface area (Å²) < 4.78 is 0. The van der Waals surface area contributed by atoms with Crippen LogP contribution in [-0.2, 0) is 0 Å². The van der Waals surface area contributed by atoms with Gasteiger partial charge in [0.15, 0.2) is 0 Å². The summed E-state index contributed by atoms with van der Waals surface area (Å²) in [6.07, 6.45) is 4.04. The lowest BCUT2D eigenvalue weighted by Gasteiger charge is -2.38. The van der Waals surface area contributed by atoms with Crippen molar-refractivity contribution in [1.29, 1.82) is 5.26 Å². The molecule has 2 aliphatic rings. The molecule has 1 atom stereocenters. The number of rotatable bonds is 2. The van der Waals surface area contributed by atoms with Crippen LogP contribution in [0.3, 0.4) is 0 Å². The number of thiol groups is 1. The van der Waals surface area contributed by atoms with Gasteiger partial charge >= 0.3 is 0 Å². The molecular formula is C19H18N4S2. The number of nitriles is 1. The number of benzene rings is 1. The largest absolute Gasteiger partial charge is 0.387 e. The van der Waals surface area contributed by atoms with Crippen molar-refractivity contribution >= 4 is 29.8 Å². The van der Waals surface area contributed by atoms with Gasteiger partial charge in [-0.05, 0) is 12.8 Å². The number of allylic oxidation sites excluding steroid dienone is 1. The fraction of sp³-hybridized carbons (Fsp3) is 0.316. The number of nitrogens with zero attached hydrogens (tertiary/aromatic N) is 3. The minimum absolute atomic E-state index is 0.136. The summed E-state index contributed by atoms with van der Waals surface area (Å²) >= 11 is 6.03. The fourth-order valence-electron chi connectivity index (χ4n) is 4.12. The first-order valence-corrected chi connectivity index (χ1v) is 9.67. The van der Waals surface area contributed by atoms with Crippen LogP contribution in [0.5, 0.6) is 0 Å². The highest BCUT2D eigenvalue weighted by Gasteiger charge is 2.51. The molecule has 2 aromatic rings. The molecule has 2 heterocycles. The Hall–Kier alpha value is -2.10. The Bertz CT molecular complexity index is 899. The number of aromatic nitrogens is 1. The zero-order valence-electron chi connectivity index (χ0n) is 13.6. The third kappa shape index (κ3) is 2.59. The number of aliphatic imine (C=N–C) groups is 1. The molecule has 0 saturated heterocycles. The maximum atomic E-state index is 9.74. The molecule has 1 aliphatic carbocycles. The molecule has 4 rings (SSSR count). The first-order valence-electron chi connectivity index (χ1n) is 8.34. The van der Waals surface area contributed by atoms with Crippen LogP contribution in [0.25, 0.3) is 11.3 Å². The van der Waals surface area contributed by atoms with Gasteiger partial charge in [0.2, 0.25) is 0 Å². The van der Waals surface area contributed by atoms with Gasteiger partial charge in [-0.2, -0.15) is 5.26 Å². The summed E-state index contributed by atoms with van der Waals surface area (Å²) in [6, 6.07) is 12.5. The second-order valence-corrected chi connectivity index (χ2v) is 7.89. The molecule has 1 aromatic carbocycles. The molecule has 1 spiro atoms. The molecule has 4 nitrogen and oxygen atoms in total. The van der Waals surface area contributed by atoms with Gasteiger partial charge in [0.1, 0.15) is 15.9 Å². The zero-order chi connectivity index (χ0) is 17.4. The Balaban J connectivity index is 1.81. The van der Waals surface area contributed by atoms with Crippen molar-refractivity contribution in [3.8, 4) is 17.3 Å². The van der Waals surface area contributed by atoms with Crippen molar-refractivity contribution in [2.75, 3.05) is 0 Å². The van der Waals surface area contributed by atoms with Gasteiger partial charge in [0.05, 0.1) is 23.3 Å².